The van der Waals surface area contributed by atoms with Crippen molar-refractivity contribution in [2.45, 2.75) is 18.0 Å². The van der Waals surface area contributed by atoms with Gasteiger partial charge in [-0.15, -0.1) is 0 Å². The molecule has 5 nitrogen and oxygen atoms in total. The van der Waals surface area contributed by atoms with Gasteiger partial charge in [0.25, 0.3) is 10.0 Å². The van der Waals surface area contributed by atoms with Gasteiger partial charge in [-0.2, -0.15) is 18.4 Å². The summed E-state index contributed by atoms with van der Waals surface area (Å²) in [6.45, 7) is 1.71. The van der Waals surface area contributed by atoms with Gasteiger partial charge in [-0.05, 0) is 55.0 Å². The van der Waals surface area contributed by atoms with Crippen molar-refractivity contribution in [2.24, 2.45) is 0 Å². The van der Waals surface area contributed by atoms with Crippen molar-refractivity contribution in [3.63, 3.8) is 0 Å². The predicted octanol–water partition coefficient (Wildman–Crippen LogP) is 4.97. The normalized spacial score (nSPS) is 11.9. The molecular weight excluding hydrogens is 405 g/mol. The minimum Gasteiger partial charge on any atom is -0.446 e. The Balaban J connectivity index is 1.99. The molecule has 0 saturated heterocycles. The highest BCUT2D eigenvalue weighted by Gasteiger charge is 2.31. The molecule has 150 valence electrons. The average Bonchev–Trinajstić information content (AvgIpc) is 3.16. The molecule has 0 bridgehead atoms. The summed E-state index contributed by atoms with van der Waals surface area (Å²) in [6, 6.07) is 13.3. The van der Waals surface area contributed by atoms with Gasteiger partial charge in [-0.1, -0.05) is 12.1 Å². The van der Waals surface area contributed by atoms with E-state index in [1.807, 2.05) is 6.07 Å². The standard InChI is InChI=1S/C20H15F3N2O3S/c1-13-3-4-14(19-10-7-16(12-24)28-19)11-18(13)25(2)29(26,27)17-8-5-15(6-9-17)20(21,22)23/h3-11H,1-2H3. The fraction of sp³-hybridized carbons (Fsp3) is 0.150. The van der Waals surface area contributed by atoms with Gasteiger partial charge in [0.2, 0.25) is 5.76 Å². The second-order valence-corrected chi connectivity index (χ2v) is 8.24. The van der Waals surface area contributed by atoms with Crippen LogP contribution in [0.4, 0.5) is 18.9 Å². The molecule has 29 heavy (non-hydrogen) atoms. The molecular formula is C20H15F3N2O3S. The Labute approximate surface area is 165 Å². The smallest absolute Gasteiger partial charge is 0.416 e. The van der Waals surface area contributed by atoms with E-state index in [-0.39, 0.29) is 10.7 Å². The van der Waals surface area contributed by atoms with E-state index >= 15 is 0 Å². The van der Waals surface area contributed by atoms with Crippen LogP contribution in [0.5, 0.6) is 0 Å². The second-order valence-electron chi connectivity index (χ2n) is 6.27. The Bertz CT molecular complexity index is 1190. The largest absolute Gasteiger partial charge is 0.446 e. The van der Waals surface area contributed by atoms with Crippen molar-refractivity contribution in [3.8, 4) is 17.4 Å². The van der Waals surface area contributed by atoms with Crippen LogP contribution < -0.4 is 4.31 Å². The van der Waals surface area contributed by atoms with E-state index in [9.17, 15) is 21.6 Å². The van der Waals surface area contributed by atoms with Gasteiger partial charge in [0.1, 0.15) is 11.8 Å². The molecule has 3 rings (SSSR count). The molecule has 3 aromatic rings. The van der Waals surface area contributed by atoms with E-state index in [0.717, 1.165) is 28.6 Å². The Hall–Kier alpha value is -3.25. The van der Waals surface area contributed by atoms with E-state index in [1.165, 1.54) is 13.1 Å². The van der Waals surface area contributed by atoms with E-state index in [4.69, 9.17) is 9.68 Å². The Morgan fingerprint density at radius 2 is 1.69 bits per heavy atom. The summed E-state index contributed by atoms with van der Waals surface area (Å²) in [7, 11) is -2.77. The first-order valence-corrected chi connectivity index (χ1v) is 9.75. The monoisotopic (exact) mass is 420 g/mol. The minimum atomic E-state index is -4.55. The number of nitriles is 1. The summed E-state index contributed by atoms with van der Waals surface area (Å²) in [5.41, 5.74) is 0.598. The number of hydrogen-bond acceptors (Lipinski definition) is 4. The lowest BCUT2D eigenvalue weighted by atomic mass is 10.1. The van der Waals surface area contributed by atoms with Gasteiger partial charge in [0.15, 0.2) is 0 Å². The second kappa shape index (κ2) is 7.29. The van der Waals surface area contributed by atoms with Crippen molar-refractivity contribution in [3.05, 3.63) is 71.5 Å². The lowest BCUT2D eigenvalue weighted by Gasteiger charge is -2.22. The van der Waals surface area contributed by atoms with Crippen LogP contribution in [0.3, 0.4) is 0 Å². The highest BCUT2D eigenvalue weighted by atomic mass is 32.2. The van der Waals surface area contributed by atoms with Gasteiger partial charge in [-0.25, -0.2) is 8.42 Å². The Kier molecular flexibility index (Phi) is 5.15. The van der Waals surface area contributed by atoms with Gasteiger partial charge in [0, 0.05) is 12.6 Å². The minimum absolute atomic E-state index is 0.118. The molecule has 0 aliphatic rings. The Morgan fingerprint density at radius 1 is 1.03 bits per heavy atom. The summed E-state index contributed by atoms with van der Waals surface area (Å²) in [6.07, 6.45) is -4.55. The maximum Gasteiger partial charge on any atom is 0.416 e. The highest BCUT2D eigenvalue weighted by molar-refractivity contribution is 7.92. The van der Waals surface area contributed by atoms with Crippen molar-refractivity contribution in [2.75, 3.05) is 11.4 Å². The fourth-order valence-corrected chi connectivity index (χ4v) is 4.01. The molecule has 0 saturated carbocycles. The number of halogens is 3. The summed E-state index contributed by atoms with van der Waals surface area (Å²) in [5, 5.41) is 8.89. The van der Waals surface area contributed by atoms with Gasteiger partial charge in [-0.3, -0.25) is 4.31 Å². The maximum atomic E-state index is 12.9. The average molecular weight is 420 g/mol. The van der Waals surface area contributed by atoms with Crippen molar-refractivity contribution >= 4 is 15.7 Å². The molecule has 2 aromatic carbocycles. The number of alkyl halides is 3. The molecule has 1 aromatic heterocycles. The van der Waals surface area contributed by atoms with Crippen molar-refractivity contribution in [1.29, 1.82) is 5.26 Å². The number of benzene rings is 2. The number of sulfonamides is 1. The molecule has 0 N–H and O–H groups in total. The number of anilines is 1. The third-order valence-electron chi connectivity index (χ3n) is 4.39. The van der Waals surface area contributed by atoms with E-state index in [1.54, 1.807) is 31.2 Å². The lowest BCUT2D eigenvalue weighted by Crippen LogP contribution is -2.27. The predicted molar refractivity (Wildman–Crippen MR) is 101 cm³/mol. The van der Waals surface area contributed by atoms with Gasteiger partial charge in [0.05, 0.1) is 16.1 Å². The molecule has 0 radical (unpaired) electrons. The van der Waals surface area contributed by atoms with Crippen LogP contribution in [-0.2, 0) is 16.2 Å². The topological polar surface area (TPSA) is 74.3 Å². The van der Waals surface area contributed by atoms with Crippen molar-refractivity contribution < 1.29 is 26.0 Å². The number of aryl methyl sites for hydroxylation is 1. The van der Waals surface area contributed by atoms with Gasteiger partial charge < -0.3 is 4.42 Å². The molecule has 1 heterocycles. The molecule has 0 aliphatic heterocycles. The van der Waals surface area contributed by atoms with E-state index in [2.05, 4.69) is 0 Å². The molecule has 0 aliphatic carbocycles. The fourth-order valence-electron chi connectivity index (χ4n) is 2.76. The third kappa shape index (κ3) is 3.98. The van der Waals surface area contributed by atoms with Crippen LogP contribution in [0.15, 0.2) is 63.9 Å². The summed E-state index contributed by atoms with van der Waals surface area (Å²) >= 11 is 0. The SMILES string of the molecule is Cc1ccc(-c2ccc(C#N)o2)cc1N(C)S(=O)(=O)c1ccc(C(F)(F)F)cc1. The van der Waals surface area contributed by atoms with Crippen molar-refractivity contribution in [1.82, 2.24) is 0 Å². The number of furan rings is 1. The third-order valence-corrected chi connectivity index (χ3v) is 6.17. The summed E-state index contributed by atoms with van der Waals surface area (Å²) in [5.74, 6) is 0.510. The zero-order valence-corrected chi connectivity index (χ0v) is 16.2. The highest BCUT2D eigenvalue weighted by Crippen LogP contribution is 2.33. The molecule has 9 heteroatoms. The molecule has 0 atom stereocenters. The first-order valence-electron chi connectivity index (χ1n) is 8.31. The molecule has 0 spiro atoms. The molecule has 0 fully saturated rings. The summed E-state index contributed by atoms with van der Waals surface area (Å²) in [4.78, 5) is -0.262. The zero-order chi connectivity index (χ0) is 21.4. The van der Waals surface area contributed by atoms with Crippen LogP contribution in [0, 0.1) is 18.3 Å². The van der Waals surface area contributed by atoms with Crippen LogP contribution >= 0.6 is 0 Å². The van der Waals surface area contributed by atoms with Crippen LogP contribution in [0.1, 0.15) is 16.9 Å². The first-order chi connectivity index (χ1) is 13.5. The number of hydrogen-bond donors (Lipinski definition) is 0. The van der Waals surface area contributed by atoms with Gasteiger partial charge >= 0.3 is 6.18 Å². The quantitative estimate of drug-likeness (QED) is 0.597. The Morgan fingerprint density at radius 3 is 2.24 bits per heavy atom. The number of nitrogens with zero attached hydrogens (tertiary/aromatic N) is 2. The summed E-state index contributed by atoms with van der Waals surface area (Å²) < 4.78 is 70.4. The van der Waals surface area contributed by atoms with Crippen LogP contribution in [0.25, 0.3) is 11.3 Å². The lowest BCUT2D eigenvalue weighted by molar-refractivity contribution is -0.137. The molecule has 0 amide bonds. The van der Waals surface area contributed by atoms with E-state index < -0.39 is 21.8 Å². The maximum absolute atomic E-state index is 12.9. The molecule has 0 unspecified atom stereocenters. The zero-order valence-electron chi connectivity index (χ0n) is 15.4. The first kappa shape index (κ1) is 20.5. The van der Waals surface area contributed by atoms with Crippen LogP contribution in [-0.4, -0.2) is 15.5 Å². The number of rotatable bonds is 4. The van der Waals surface area contributed by atoms with Crippen LogP contribution in [0.2, 0.25) is 0 Å². The van der Waals surface area contributed by atoms with E-state index in [0.29, 0.717) is 22.6 Å².